The Kier molecular flexibility index (Phi) is 483. The molecular formula is H13Al4Cl5Cu4O29S5. The van der Waals surface area contributed by atoms with E-state index in [0.717, 1.165) is 0 Å². The van der Waals surface area contributed by atoms with Gasteiger partial charge in [0.1, 0.15) is 0 Å². The van der Waals surface area contributed by atoms with E-state index < -0.39 is 52.0 Å². The summed E-state index contributed by atoms with van der Waals surface area (Å²) in [5.74, 6) is 0. The molecule has 0 amide bonds. The van der Waals surface area contributed by atoms with Crippen molar-refractivity contribution in [2.75, 3.05) is 0 Å². The van der Waals surface area contributed by atoms with E-state index in [1.165, 1.54) is 0 Å². The predicted molar refractivity (Wildman–Crippen MR) is 99.5 cm³/mol. The summed E-state index contributed by atoms with van der Waals surface area (Å²) in [6.07, 6.45) is 0. The largest absolute Gasteiger partial charge is 3.00 e. The van der Waals surface area contributed by atoms with Gasteiger partial charge >= 0.3 is 138 Å². The first-order chi connectivity index (χ1) is 10.0. The molecule has 13 N–H and O–H groups in total. The van der Waals surface area contributed by atoms with Crippen LogP contribution in [0.3, 0.4) is 0 Å². The molecule has 0 aromatic heterocycles. The summed E-state index contributed by atoms with van der Waals surface area (Å²) in [5.41, 5.74) is 0. The first-order valence-electron chi connectivity index (χ1n) is 3.33. The van der Waals surface area contributed by atoms with E-state index >= 15 is 0 Å². The third-order valence-corrected chi connectivity index (χ3v) is 0. The maximum Gasteiger partial charge on any atom is 3.00 e. The van der Waals surface area contributed by atoms with Gasteiger partial charge in [0.05, 0.1) is 0 Å². The minimum Gasteiger partial charge on any atom is -1.00 e. The van der Waals surface area contributed by atoms with Crippen LogP contribution in [0.2, 0.25) is 0 Å². The van der Waals surface area contributed by atoms with E-state index in [2.05, 4.69) is 0 Å². The fourth-order valence-corrected chi connectivity index (χ4v) is 0. The van der Waals surface area contributed by atoms with Crippen molar-refractivity contribution in [2.45, 2.75) is 0 Å². The molecule has 0 aliphatic heterocycles. The van der Waals surface area contributed by atoms with Crippen LogP contribution in [0.1, 0.15) is 0 Å². The first kappa shape index (κ1) is 218. The van der Waals surface area contributed by atoms with Gasteiger partial charge in [-0.05, 0) is 0 Å². The van der Waals surface area contributed by atoms with E-state index in [-0.39, 0.29) is 249 Å². The van der Waals surface area contributed by atoms with Crippen LogP contribution in [0, 0.1) is 0 Å². The number of hydrogen-bond donors (Lipinski definition) is 0. The molecule has 0 aromatic carbocycles. The molecule has 47 heavy (non-hydrogen) atoms. The zero-order valence-electron chi connectivity index (χ0n) is 19.8. The molecule has 308 valence electrons. The Balaban J connectivity index is -0.00000000381. The monoisotopic (exact) mass is 1170 g/mol. The van der Waals surface area contributed by atoms with Gasteiger partial charge in [-0.25, -0.2) is 0 Å². The molecule has 0 fully saturated rings. The molecule has 29 nitrogen and oxygen atoms in total. The van der Waals surface area contributed by atoms with E-state index in [1.54, 1.807) is 0 Å². The van der Waals surface area contributed by atoms with Gasteiger partial charge in [-0.2, -0.15) is 0 Å². The molecule has 0 aliphatic carbocycles. The maximum atomic E-state index is 8.52. The smallest absolute Gasteiger partial charge is 1.00 e. The summed E-state index contributed by atoms with van der Waals surface area (Å²) in [7, 11) is -25.8. The second-order valence-electron chi connectivity index (χ2n) is 2.04. The Morgan fingerprint density at radius 1 is 0.234 bits per heavy atom. The molecule has 0 rings (SSSR count). The zero-order chi connectivity index (χ0) is 22.5. The van der Waals surface area contributed by atoms with E-state index in [1.807, 2.05) is 0 Å². The summed E-state index contributed by atoms with van der Waals surface area (Å²) >= 11 is 0. The molecule has 4 radical (unpaired) electrons. The van der Waals surface area contributed by atoms with Crippen molar-refractivity contribution >= 4 is 121 Å². The number of rotatable bonds is 0. The van der Waals surface area contributed by atoms with Crippen molar-refractivity contribution in [3.63, 3.8) is 0 Å². The average Bonchev–Trinajstić information content (AvgIpc) is 1.79. The SMILES string of the molecule is O.O.O.O.O=S(=O)([O-])[O-].O=S(=O)([O-])[O-].O=S(=O)([O-])[O-].O=S(=O)([O-])[O-].O=S(=O)([O-])[O-].[Al+3].[Al+3].[Al+3].[Al+3].[Cl-].[Cl-].[Cl-].[Cl-].[Cl-].[Cu+2].[Cu+2].[Cu+2].[Cu+2].[OH-].[OH-].[OH-].[OH-].[OH-]. The minimum atomic E-state index is -5.17. The first-order valence-corrected chi connectivity index (χ1v) is 10.0. The maximum absolute atomic E-state index is 8.52. The van der Waals surface area contributed by atoms with Gasteiger partial charge in [0.15, 0.2) is 0 Å². The fraction of sp³-hybridized carbons (Fsp3) is 0. The van der Waals surface area contributed by atoms with E-state index in [4.69, 9.17) is 87.6 Å². The fourth-order valence-electron chi connectivity index (χ4n) is 0. The quantitative estimate of drug-likeness (QED) is 0.123. The Morgan fingerprint density at radius 2 is 0.234 bits per heavy atom. The Labute approximate surface area is 384 Å². The molecule has 0 heterocycles. The molecule has 0 aliphatic rings. The molecule has 0 spiro atoms. The summed E-state index contributed by atoms with van der Waals surface area (Å²) in [4.78, 5) is 0. The third-order valence-electron chi connectivity index (χ3n) is 0. The second kappa shape index (κ2) is 104. The number of halogens is 5. The van der Waals surface area contributed by atoms with Crippen LogP contribution in [0.4, 0.5) is 0 Å². The van der Waals surface area contributed by atoms with Gasteiger partial charge in [-0.3, -0.25) is 42.1 Å². The van der Waals surface area contributed by atoms with Gasteiger partial charge in [0.25, 0.3) is 0 Å². The molecule has 0 unspecified atom stereocenters. The van der Waals surface area contributed by atoms with Crippen LogP contribution in [0.15, 0.2) is 0 Å². The number of hydrogen-bond acceptors (Lipinski definition) is 25. The van der Waals surface area contributed by atoms with Gasteiger partial charge in [-0.1, -0.05) is 0 Å². The molecule has 0 bridgehead atoms. The molecule has 0 atom stereocenters. The summed E-state index contributed by atoms with van der Waals surface area (Å²) in [5, 5.41) is 0. The minimum absolute atomic E-state index is 0. The second-order valence-corrected chi connectivity index (χ2v) is 6.12. The van der Waals surface area contributed by atoms with Gasteiger partial charge < -0.3 is 157 Å². The summed E-state index contributed by atoms with van der Waals surface area (Å²) in [6, 6.07) is 0. The van der Waals surface area contributed by atoms with Crippen molar-refractivity contribution in [1.82, 2.24) is 0 Å². The van der Waals surface area contributed by atoms with E-state index in [0.29, 0.717) is 0 Å². The standard InChI is InChI=1S/4Al.5ClH.4Cu.5H2O4S.9H2O/c;;;;;;;;;;;;;5*1-5(2,3)4;;;;;;;;;/h;;;;5*1H;;;;;5*(H2,1,2,3,4);9*1H2/q4*+3;;;;;;4*+2;;;;;;;;;;;;;;/p-20. The molecule has 0 aromatic rings. The molecule has 0 saturated carbocycles. The summed E-state index contributed by atoms with van der Waals surface area (Å²) in [6.45, 7) is 0. The van der Waals surface area contributed by atoms with Crippen molar-refractivity contribution in [1.29, 1.82) is 0 Å². The van der Waals surface area contributed by atoms with Crippen LogP contribution in [0.5, 0.6) is 0 Å². The van der Waals surface area contributed by atoms with Gasteiger partial charge in [-0.15, -0.1) is 0 Å². The summed E-state index contributed by atoms with van der Waals surface area (Å²) < 4.78 is 170. The molecule has 0 saturated heterocycles. The Hall–Kier alpha value is 4.65. The molecule has 47 heteroatoms. The normalized spacial score (nSPS) is 6.17. The zero-order valence-corrected chi connectivity index (χ0v) is 36.1. The van der Waals surface area contributed by atoms with Crippen LogP contribution in [-0.2, 0) is 120 Å². The topological polar surface area (TPSA) is 677 Å². The van der Waals surface area contributed by atoms with Crippen molar-refractivity contribution in [3.8, 4) is 0 Å². The molecular weight excluding hydrogens is 1160 g/mol. The van der Waals surface area contributed by atoms with Crippen LogP contribution in [0.25, 0.3) is 0 Å². The third kappa shape index (κ3) is 5550. The van der Waals surface area contributed by atoms with Crippen molar-refractivity contribution < 1.29 is 267 Å². The van der Waals surface area contributed by atoms with Crippen molar-refractivity contribution in [3.05, 3.63) is 0 Å². The van der Waals surface area contributed by atoms with E-state index in [9.17, 15) is 0 Å². The Morgan fingerprint density at radius 3 is 0.234 bits per heavy atom. The van der Waals surface area contributed by atoms with Crippen LogP contribution < -0.4 is 62.0 Å². The predicted octanol–water partition coefficient (Wildman–Crippen LogP) is -27.4. The van der Waals surface area contributed by atoms with Crippen molar-refractivity contribution in [2.24, 2.45) is 0 Å². The van der Waals surface area contributed by atoms with Crippen LogP contribution in [-0.4, -0.2) is 206 Å². The average molecular weight is 1180 g/mol. The van der Waals surface area contributed by atoms with Crippen LogP contribution >= 0.6 is 0 Å². The van der Waals surface area contributed by atoms with Gasteiger partial charge in [0, 0.05) is 52.0 Å². The van der Waals surface area contributed by atoms with Gasteiger partial charge in [0.2, 0.25) is 0 Å². The Bertz CT molecular complexity index is 671.